The van der Waals surface area contributed by atoms with E-state index in [4.69, 9.17) is 18.9 Å². The molecule has 1 N–H and O–H groups in total. The second kappa shape index (κ2) is 11.3. The lowest BCUT2D eigenvalue weighted by Gasteiger charge is -2.37. The third-order valence-electron chi connectivity index (χ3n) is 6.86. The summed E-state index contributed by atoms with van der Waals surface area (Å²) in [6.07, 6.45) is 0.562. The van der Waals surface area contributed by atoms with Gasteiger partial charge in [-0.1, -0.05) is 24.3 Å². The summed E-state index contributed by atoms with van der Waals surface area (Å²) >= 11 is 0. The largest absolute Gasteiger partial charge is 0.493 e. The number of Topliss-reactive ketones (excluding diaryl/α,β-unsaturated/α-hetero) is 1. The molecule has 2 aromatic carbocycles. The van der Waals surface area contributed by atoms with Crippen LogP contribution in [0.25, 0.3) is 0 Å². The molecule has 202 valence electrons. The van der Waals surface area contributed by atoms with Gasteiger partial charge in [0.2, 0.25) is 0 Å². The third kappa shape index (κ3) is 5.42. The van der Waals surface area contributed by atoms with Gasteiger partial charge in [0.15, 0.2) is 17.3 Å². The van der Waals surface area contributed by atoms with Gasteiger partial charge in [0, 0.05) is 29.0 Å². The molecule has 4 rings (SSSR count). The van der Waals surface area contributed by atoms with Gasteiger partial charge in [-0.25, -0.2) is 4.79 Å². The molecule has 38 heavy (non-hydrogen) atoms. The number of carbonyl (C=O) groups excluding carboxylic acids is 2. The average molecular weight is 520 g/mol. The van der Waals surface area contributed by atoms with Crippen molar-refractivity contribution in [2.24, 2.45) is 0 Å². The van der Waals surface area contributed by atoms with Crippen molar-refractivity contribution in [1.29, 1.82) is 0 Å². The van der Waals surface area contributed by atoms with E-state index in [9.17, 15) is 9.59 Å². The number of methoxy groups -OCH3 is 2. The fraction of sp³-hybridized carbons (Fsp3) is 0.419. The van der Waals surface area contributed by atoms with Crippen LogP contribution in [0.4, 0.5) is 0 Å². The van der Waals surface area contributed by atoms with Gasteiger partial charge in [0.1, 0.15) is 5.75 Å². The van der Waals surface area contributed by atoms with Crippen molar-refractivity contribution < 1.29 is 28.5 Å². The molecule has 7 nitrogen and oxygen atoms in total. The summed E-state index contributed by atoms with van der Waals surface area (Å²) in [7, 11) is 3.20. The molecule has 2 atom stereocenters. The van der Waals surface area contributed by atoms with E-state index >= 15 is 0 Å². The maximum Gasteiger partial charge on any atom is 0.337 e. The predicted octanol–water partition coefficient (Wildman–Crippen LogP) is 5.80. The second-order valence-corrected chi connectivity index (χ2v) is 10.3. The molecule has 0 bridgehead atoms. The molecule has 1 aliphatic heterocycles. The molecule has 0 spiro atoms. The van der Waals surface area contributed by atoms with Gasteiger partial charge in [-0.15, -0.1) is 0 Å². The van der Waals surface area contributed by atoms with Crippen molar-refractivity contribution in [1.82, 2.24) is 5.32 Å². The van der Waals surface area contributed by atoms with Gasteiger partial charge in [-0.3, -0.25) is 4.79 Å². The first-order chi connectivity index (χ1) is 18.1. The summed E-state index contributed by atoms with van der Waals surface area (Å²) in [5, 5.41) is 3.40. The van der Waals surface area contributed by atoms with Crippen LogP contribution in [0.1, 0.15) is 70.4 Å². The Morgan fingerprint density at radius 2 is 1.63 bits per heavy atom. The topological polar surface area (TPSA) is 83.1 Å². The maximum atomic E-state index is 13.9. The van der Waals surface area contributed by atoms with Crippen LogP contribution in [0.15, 0.2) is 65.0 Å². The van der Waals surface area contributed by atoms with Gasteiger partial charge in [-0.05, 0) is 70.7 Å². The molecule has 0 aromatic heterocycles. The van der Waals surface area contributed by atoms with Gasteiger partial charge in [0.05, 0.1) is 37.9 Å². The van der Waals surface area contributed by atoms with Gasteiger partial charge in [-0.2, -0.15) is 0 Å². The zero-order valence-electron chi connectivity index (χ0n) is 23.2. The number of para-hydroxylation sites is 1. The zero-order valence-corrected chi connectivity index (χ0v) is 23.2. The van der Waals surface area contributed by atoms with E-state index in [0.717, 1.165) is 16.8 Å². The number of allylic oxidation sites excluding steroid dienone is 3. The number of benzene rings is 2. The van der Waals surface area contributed by atoms with Crippen LogP contribution < -0.4 is 19.5 Å². The van der Waals surface area contributed by atoms with Crippen molar-refractivity contribution in [3.05, 3.63) is 76.1 Å². The first-order valence-electron chi connectivity index (χ1n) is 13.1. The molecule has 2 aliphatic rings. The zero-order chi connectivity index (χ0) is 27.6. The van der Waals surface area contributed by atoms with Crippen LogP contribution in [0.2, 0.25) is 0 Å². The molecule has 0 unspecified atom stereocenters. The lowest BCUT2D eigenvalue weighted by Crippen LogP contribution is -2.36. The molecule has 0 saturated carbocycles. The Hall–Kier alpha value is -3.74. The van der Waals surface area contributed by atoms with E-state index in [1.165, 1.54) is 0 Å². The van der Waals surface area contributed by atoms with Crippen molar-refractivity contribution in [2.75, 3.05) is 14.2 Å². The second-order valence-electron chi connectivity index (χ2n) is 10.3. The Morgan fingerprint density at radius 3 is 2.29 bits per heavy atom. The molecule has 0 saturated heterocycles. The molecular weight excluding hydrogens is 482 g/mol. The first-order valence-corrected chi connectivity index (χ1v) is 13.1. The molecule has 1 heterocycles. The molecule has 1 aliphatic carbocycles. The summed E-state index contributed by atoms with van der Waals surface area (Å²) in [6, 6.07) is 13.4. The van der Waals surface area contributed by atoms with Crippen LogP contribution in [0, 0.1) is 0 Å². The van der Waals surface area contributed by atoms with Crippen LogP contribution in [0.5, 0.6) is 17.2 Å². The summed E-state index contributed by atoms with van der Waals surface area (Å²) in [6.45, 7) is 9.42. The number of rotatable bonds is 8. The Kier molecular flexibility index (Phi) is 8.14. The number of ether oxygens (including phenoxy) is 4. The molecule has 0 fully saturated rings. The first kappa shape index (κ1) is 27.3. The minimum atomic E-state index is -0.591. The van der Waals surface area contributed by atoms with E-state index in [1.807, 2.05) is 77.1 Å². The highest BCUT2D eigenvalue weighted by Crippen LogP contribution is 2.48. The fourth-order valence-electron chi connectivity index (χ4n) is 5.32. The Labute approximate surface area is 224 Å². The number of nitrogens with one attached hydrogen (secondary N) is 1. The molecule has 0 amide bonds. The van der Waals surface area contributed by atoms with E-state index in [-0.39, 0.29) is 23.9 Å². The quantitative estimate of drug-likeness (QED) is 0.441. The highest BCUT2D eigenvalue weighted by Gasteiger charge is 2.42. The third-order valence-corrected chi connectivity index (χ3v) is 6.86. The summed E-state index contributed by atoms with van der Waals surface area (Å²) in [5.74, 6) is 0.837. The average Bonchev–Trinajstić information content (AvgIpc) is 2.86. The summed E-state index contributed by atoms with van der Waals surface area (Å²) in [5.41, 5.74) is 4.32. The predicted molar refractivity (Wildman–Crippen MR) is 146 cm³/mol. The number of carbonyl (C=O) groups is 2. The van der Waals surface area contributed by atoms with E-state index in [0.29, 0.717) is 46.9 Å². The molecule has 7 heteroatoms. The smallest absolute Gasteiger partial charge is 0.337 e. The number of dihydropyridines is 1. The van der Waals surface area contributed by atoms with Crippen LogP contribution in [-0.2, 0) is 14.3 Å². The van der Waals surface area contributed by atoms with Gasteiger partial charge >= 0.3 is 5.97 Å². The molecule has 2 aromatic rings. The molecule has 0 radical (unpaired) electrons. The summed E-state index contributed by atoms with van der Waals surface area (Å²) in [4.78, 5) is 27.3. The minimum Gasteiger partial charge on any atom is -0.493 e. The Balaban J connectivity index is 1.82. The van der Waals surface area contributed by atoms with Crippen molar-refractivity contribution in [3.63, 3.8) is 0 Å². The number of hydrogen-bond acceptors (Lipinski definition) is 7. The maximum absolute atomic E-state index is 13.9. The van der Waals surface area contributed by atoms with Gasteiger partial charge in [0.25, 0.3) is 0 Å². The van der Waals surface area contributed by atoms with Crippen LogP contribution in [-0.4, -0.2) is 38.2 Å². The molecular formula is C31H37NO6. The normalized spacial score (nSPS) is 19.3. The number of esters is 1. The Bertz CT molecular complexity index is 1290. The van der Waals surface area contributed by atoms with Crippen LogP contribution >= 0.6 is 0 Å². The van der Waals surface area contributed by atoms with Crippen LogP contribution in [0.3, 0.4) is 0 Å². The van der Waals surface area contributed by atoms with E-state index < -0.39 is 11.9 Å². The lowest BCUT2D eigenvalue weighted by atomic mass is 9.71. The highest BCUT2D eigenvalue weighted by molar-refractivity contribution is 6.04. The monoisotopic (exact) mass is 519 g/mol. The fourth-order valence-corrected chi connectivity index (χ4v) is 5.32. The number of hydrogen-bond donors (Lipinski definition) is 1. The van der Waals surface area contributed by atoms with Crippen molar-refractivity contribution in [2.45, 2.75) is 71.5 Å². The highest BCUT2D eigenvalue weighted by atomic mass is 16.5. The lowest BCUT2D eigenvalue weighted by molar-refractivity contribution is -0.143. The minimum absolute atomic E-state index is 0.00904. The van der Waals surface area contributed by atoms with Gasteiger partial charge < -0.3 is 24.3 Å². The summed E-state index contributed by atoms with van der Waals surface area (Å²) < 4.78 is 22.7. The standard InChI is InChI=1S/C31H37NO6/c1-17(2)37-25-11-9-8-10-22(25)29-28(31(34)38-18(3)4)19(5)32-23-14-21(15-24(33)30(23)29)20-12-13-26(35-6)27(16-20)36-7/h8-13,16-18,21,29,32H,14-15H2,1-7H3/t21-,29-/m0/s1. The van der Waals surface area contributed by atoms with E-state index in [1.54, 1.807) is 14.2 Å². The Morgan fingerprint density at radius 1 is 0.921 bits per heavy atom. The van der Waals surface area contributed by atoms with Crippen molar-refractivity contribution >= 4 is 11.8 Å². The van der Waals surface area contributed by atoms with E-state index in [2.05, 4.69) is 5.32 Å². The van der Waals surface area contributed by atoms with Crippen molar-refractivity contribution in [3.8, 4) is 17.2 Å². The SMILES string of the molecule is COc1ccc([C@@H]2CC(=O)C3=C(C2)NC(C)=C(C(=O)OC(C)C)[C@@H]3c2ccccc2OC(C)C)cc1OC. The number of ketones is 1.